The fraction of sp³-hybridized carbons (Fsp3) is 0.609. The van der Waals surface area contributed by atoms with Crippen LogP contribution >= 0.6 is 11.6 Å². The number of hydrogen-bond acceptors (Lipinski definition) is 4. The minimum Gasteiger partial charge on any atom is -0.329 e. The molecule has 0 unspecified atom stereocenters. The van der Waals surface area contributed by atoms with E-state index in [9.17, 15) is 22.8 Å². The van der Waals surface area contributed by atoms with Crippen molar-refractivity contribution in [2.75, 3.05) is 19.6 Å². The van der Waals surface area contributed by atoms with Crippen LogP contribution in [-0.4, -0.2) is 52.4 Å². The minimum absolute atomic E-state index is 0.0530. The van der Waals surface area contributed by atoms with Gasteiger partial charge in [0, 0.05) is 19.1 Å². The van der Waals surface area contributed by atoms with Crippen molar-refractivity contribution in [2.45, 2.75) is 63.6 Å². The Morgan fingerprint density at radius 2 is 1.94 bits per heavy atom. The van der Waals surface area contributed by atoms with E-state index in [-0.39, 0.29) is 35.2 Å². The van der Waals surface area contributed by atoms with Crippen LogP contribution in [0, 0.1) is 5.92 Å². The van der Waals surface area contributed by atoms with Crippen LogP contribution in [0.4, 0.5) is 13.2 Å². The van der Waals surface area contributed by atoms with Gasteiger partial charge in [0.1, 0.15) is 12.0 Å². The fourth-order valence-corrected chi connectivity index (χ4v) is 4.77. The molecule has 0 radical (unpaired) electrons. The summed E-state index contributed by atoms with van der Waals surface area (Å²) in [7, 11) is 0. The van der Waals surface area contributed by atoms with E-state index in [0.29, 0.717) is 29.0 Å². The normalized spacial score (nSPS) is 21.4. The number of halogens is 4. The molecule has 2 fully saturated rings. The molecule has 0 aliphatic heterocycles. The second kappa shape index (κ2) is 9.62. The van der Waals surface area contributed by atoms with E-state index in [1.54, 1.807) is 6.07 Å². The molecule has 0 aromatic carbocycles. The van der Waals surface area contributed by atoms with Crippen molar-refractivity contribution in [1.29, 1.82) is 0 Å². The van der Waals surface area contributed by atoms with Crippen LogP contribution < -0.4 is 5.32 Å². The zero-order valence-electron chi connectivity index (χ0n) is 18.5. The van der Waals surface area contributed by atoms with E-state index < -0.39 is 17.8 Å². The van der Waals surface area contributed by atoms with Gasteiger partial charge < -0.3 is 15.0 Å². The maximum absolute atomic E-state index is 13.7. The standard InChI is InChI=1S/C23H28ClF3N4O2/c1-14-2-6-17(7-3-14)28-8-9-30(10-11-32)22(33)21-20(24)18-12-16(15-4-5-15)13-19(23(25,26)27)31(18)29-21/h11-15,17,28H,2-10H2,1H3. The highest BCUT2D eigenvalue weighted by atomic mass is 35.5. The number of aldehydes is 1. The summed E-state index contributed by atoms with van der Waals surface area (Å²) >= 11 is 6.38. The molecule has 0 atom stereocenters. The first-order valence-electron chi connectivity index (χ1n) is 11.4. The Labute approximate surface area is 195 Å². The highest BCUT2D eigenvalue weighted by molar-refractivity contribution is 6.36. The first kappa shape index (κ1) is 24.0. The van der Waals surface area contributed by atoms with Gasteiger partial charge in [0.05, 0.1) is 17.1 Å². The SMILES string of the molecule is CC1CCC(NCCN(CC=O)C(=O)c2nn3c(C(F)(F)F)cc(C4CC4)cc3c2Cl)CC1. The van der Waals surface area contributed by atoms with Crippen LogP contribution in [-0.2, 0) is 11.0 Å². The molecule has 6 nitrogen and oxygen atoms in total. The summed E-state index contributed by atoms with van der Waals surface area (Å²) < 4.78 is 41.8. The molecule has 1 amide bonds. The second-order valence-electron chi connectivity index (χ2n) is 9.23. The summed E-state index contributed by atoms with van der Waals surface area (Å²) in [5, 5.41) is 7.24. The number of amides is 1. The molecule has 4 rings (SSSR count). The Morgan fingerprint density at radius 1 is 1.24 bits per heavy atom. The number of fused-ring (bicyclic) bond motifs is 1. The van der Waals surface area contributed by atoms with Gasteiger partial charge >= 0.3 is 6.18 Å². The molecular weight excluding hydrogens is 457 g/mol. The molecule has 2 aliphatic carbocycles. The molecule has 10 heteroatoms. The van der Waals surface area contributed by atoms with Crippen LogP contribution in [0.2, 0.25) is 5.02 Å². The molecule has 0 spiro atoms. The lowest BCUT2D eigenvalue weighted by molar-refractivity contribution is -0.142. The topological polar surface area (TPSA) is 66.7 Å². The van der Waals surface area contributed by atoms with Crippen LogP contribution in [0.3, 0.4) is 0 Å². The minimum atomic E-state index is -4.65. The average molecular weight is 485 g/mol. The molecule has 2 heterocycles. The largest absolute Gasteiger partial charge is 0.433 e. The quantitative estimate of drug-likeness (QED) is 0.552. The highest BCUT2D eigenvalue weighted by Crippen LogP contribution is 2.43. The molecule has 0 saturated heterocycles. The number of aromatic nitrogens is 2. The summed E-state index contributed by atoms with van der Waals surface area (Å²) in [6.07, 6.45) is 2.01. The Bertz CT molecular complexity index is 1030. The van der Waals surface area contributed by atoms with Crippen LogP contribution in [0.25, 0.3) is 5.52 Å². The number of alkyl halides is 3. The second-order valence-corrected chi connectivity index (χ2v) is 9.61. The zero-order valence-corrected chi connectivity index (χ0v) is 19.3. The molecule has 2 aliphatic rings. The number of carbonyl (C=O) groups is 2. The van der Waals surface area contributed by atoms with E-state index in [2.05, 4.69) is 17.3 Å². The van der Waals surface area contributed by atoms with Crippen molar-refractivity contribution >= 4 is 29.3 Å². The third-order valence-electron chi connectivity index (χ3n) is 6.65. The van der Waals surface area contributed by atoms with E-state index >= 15 is 0 Å². The molecule has 1 N–H and O–H groups in total. The van der Waals surface area contributed by atoms with Crippen molar-refractivity contribution in [1.82, 2.24) is 19.8 Å². The van der Waals surface area contributed by atoms with Gasteiger partial charge in [-0.15, -0.1) is 0 Å². The van der Waals surface area contributed by atoms with Crippen molar-refractivity contribution in [3.63, 3.8) is 0 Å². The smallest absolute Gasteiger partial charge is 0.329 e. The van der Waals surface area contributed by atoms with Crippen LogP contribution in [0.15, 0.2) is 12.1 Å². The number of rotatable bonds is 8. The maximum atomic E-state index is 13.7. The van der Waals surface area contributed by atoms with Gasteiger partial charge in [-0.3, -0.25) is 4.79 Å². The number of nitrogens with zero attached hydrogens (tertiary/aromatic N) is 3. The molecule has 33 heavy (non-hydrogen) atoms. The number of carbonyl (C=O) groups excluding carboxylic acids is 2. The number of nitrogens with one attached hydrogen (secondary N) is 1. The molecule has 0 bridgehead atoms. The lowest BCUT2D eigenvalue weighted by Crippen LogP contribution is -2.42. The summed E-state index contributed by atoms with van der Waals surface area (Å²) in [6.45, 7) is 2.75. The van der Waals surface area contributed by atoms with E-state index in [0.717, 1.165) is 50.5 Å². The van der Waals surface area contributed by atoms with Gasteiger partial charge in [0.25, 0.3) is 5.91 Å². The lowest BCUT2D eigenvalue weighted by atomic mass is 9.87. The Balaban J connectivity index is 1.56. The lowest BCUT2D eigenvalue weighted by Gasteiger charge is -2.28. The molecular formula is C23H28ClF3N4O2. The highest BCUT2D eigenvalue weighted by Gasteiger charge is 2.38. The monoisotopic (exact) mass is 484 g/mol. The van der Waals surface area contributed by atoms with Gasteiger partial charge in [0.2, 0.25) is 0 Å². The summed E-state index contributed by atoms with van der Waals surface area (Å²) in [6, 6.07) is 3.03. The van der Waals surface area contributed by atoms with Gasteiger partial charge in [-0.25, -0.2) is 4.52 Å². The Kier molecular flexibility index (Phi) is 7.00. The first-order chi connectivity index (χ1) is 15.7. The van der Waals surface area contributed by atoms with Crippen molar-refractivity contribution in [2.24, 2.45) is 5.92 Å². The predicted molar refractivity (Wildman–Crippen MR) is 119 cm³/mol. The molecule has 2 saturated carbocycles. The van der Waals surface area contributed by atoms with Gasteiger partial charge in [-0.2, -0.15) is 18.3 Å². The van der Waals surface area contributed by atoms with Gasteiger partial charge in [-0.1, -0.05) is 18.5 Å². The third-order valence-corrected chi connectivity index (χ3v) is 7.02. The summed E-state index contributed by atoms with van der Waals surface area (Å²) in [5.74, 6) is 0.132. The molecule has 2 aromatic rings. The number of hydrogen-bond donors (Lipinski definition) is 1. The average Bonchev–Trinajstić information content (AvgIpc) is 3.57. The molecule has 2 aromatic heterocycles. The van der Waals surface area contributed by atoms with Crippen LogP contribution in [0.5, 0.6) is 0 Å². The Hall–Kier alpha value is -2.13. The van der Waals surface area contributed by atoms with Crippen molar-refractivity contribution < 1.29 is 22.8 Å². The number of pyridine rings is 1. The van der Waals surface area contributed by atoms with Gasteiger partial charge in [0.15, 0.2) is 5.69 Å². The van der Waals surface area contributed by atoms with E-state index in [1.807, 2.05) is 0 Å². The third kappa shape index (κ3) is 5.35. The van der Waals surface area contributed by atoms with E-state index in [4.69, 9.17) is 11.6 Å². The summed E-state index contributed by atoms with van der Waals surface area (Å²) in [5.41, 5.74) is -0.634. The predicted octanol–water partition coefficient (Wildman–Crippen LogP) is 4.69. The maximum Gasteiger partial charge on any atom is 0.433 e. The van der Waals surface area contributed by atoms with Gasteiger partial charge in [-0.05, 0) is 68.1 Å². The fourth-order valence-electron chi connectivity index (χ4n) is 4.51. The van der Waals surface area contributed by atoms with Crippen molar-refractivity contribution in [3.8, 4) is 0 Å². The van der Waals surface area contributed by atoms with Crippen molar-refractivity contribution in [3.05, 3.63) is 34.1 Å². The van der Waals surface area contributed by atoms with E-state index in [1.165, 1.54) is 4.90 Å². The first-order valence-corrected chi connectivity index (χ1v) is 11.8. The summed E-state index contributed by atoms with van der Waals surface area (Å²) in [4.78, 5) is 25.6. The van der Waals surface area contributed by atoms with Crippen LogP contribution in [0.1, 0.15) is 73.1 Å². The molecule has 180 valence electrons. The Morgan fingerprint density at radius 3 is 2.55 bits per heavy atom. The zero-order chi connectivity index (χ0) is 23.8.